The van der Waals surface area contributed by atoms with Crippen molar-refractivity contribution >= 4 is 17.8 Å². The van der Waals surface area contributed by atoms with Gasteiger partial charge in [-0.25, -0.2) is 0 Å². The smallest absolute Gasteiger partial charge is 0.317 e. The zero-order valence-electron chi connectivity index (χ0n) is 22.3. The van der Waals surface area contributed by atoms with Crippen molar-refractivity contribution in [2.75, 3.05) is 86.1 Å². The van der Waals surface area contributed by atoms with Crippen molar-refractivity contribution in [2.24, 2.45) is 0 Å². The fourth-order valence-electron chi connectivity index (χ4n) is 4.25. The molecule has 10 nitrogen and oxygen atoms in total. The number of benzene rings is 1. The molecule has 1 aromatic carbocycles. The molecule has 0 aliphatic carbocycles. The number of hydrogen-bond acceptors (Lipinski definition) is 7. The topological polar surface area (TPSA) is 108 Å². The molecular formula is C26H44N6O4. The third-order valence-electron chi connectivity index (χ3n) is 6.69. The van der Waals surface area contributed by atoms with E-state index in [1.165, 1.54) is 0 Å². The first kappa shape index (κ1) is 29.7. The fourth-order valence-corrected chi connectivity index (χ4v) is 4.25. The maximum absolute atomic E-state index is 13.1. The number of carbonyl (C=O) groups is 3. The maximum atomic E-state index is 13.1. The number of nitrogens with zero attached hydrogens (tertiary/aromatic N) is 4. The highest BCUT2D eigenvalue weighted by atomic mass is 16.4. The van der Waals surface area contributed by atoms with E-state index >= 15 is 0 Å². The Morgan fingerprint density at radius 1 is 0.889 bits per heavy atom. The second-order valence-corrected chi connectivity index (χ2v) is 9.61. The summed E-state index contributed by atoms with van der Waals surface area (Å²) in [5, 5.41) is 14.9. The average Bonchev–Trinajstić information content (AvgIpc) is 2.84. The summed E-state index contributed by atoms with van der Waals surface area (Å²) in [6.07, 6.45) is 0.412. The summed E-state index contributed by atoms with van der Waals surface area (Å²) in [6, 6.07) is 7.27. The van der Waals surface area contributed by atoms with Gasteiger partial charge in [-0.05, 0) is 26.1 Å². The van der Waals surface area contributed by atoms with Gasteiger partial charge in [-0.2, -0.15) is 0 Å². The Morgan fingerprint density at radius 2 is 1.42 bits per heavy atom. The first-order chi connectivity index (χ1) is 17.2. The zero-order chi connectivity index (χ0) is 26.5. The van der Waals surface area contributed by atoms with Crippen LogP contribution in [0.25, 0.3) is 0 Å². The minimum atomic E-state index is -0.851. The molecule has 1 aliphatic heterocycles. The van der Waals surface area contributed by atoms with Crippen LogP contribution in [0, 0.1) is 6.92 Å². The van der Waals surface area contributed by atoms with Gasteiger partial charge in [0.1, 0.15) is 6.04 Å². The molecule has 0 bridgehead atoms. The lowest BCUT2D eigenvalue weighted by molar-refractivity contribution is -0.138. The number of rotatable bonds is 9. The lowest BCUT2D eigenvalue weighted by atomic mass is 10.0. The van der Waals surface area contributed by atoms with E-state index in [-0.39, 0.29) is 24.9 Å². The molecule has 1 aromatic rings. The van der Waals surface area contributed by atoms with Crippen molar-refractivity contribution in [1.29, 1.82) is 0 Å². The molecule has 0 spiro atoms. The first-order valence-electron chi connectivity index (χ1n) is 12.8. The average molecular weight is 505 g/mol. The summed E-state index contributed by atoms with van der Waals surface area (Å²) in [7, 11) is 3.63. The summed E-state index contributed by atoms with van der Waals surface area (Å²) in [4.78, 5) is 45.5. The Balaban J connectivity index is 2.06. The number of hydrogen-bond donors (Lipinski definition) is 3. The highest BCUT2D eigenvalue weighted by Crippen LogP contribution is 2.07. The molecule has 3 N–H and O–H groups in total. The summed E-state index contributed by atoms with van der Waals surface area (Å²) in [5.41, 5.74) is 2.12. The Morgan fingerprint density at radius 3 is 1.97 bits per heavy atom. The Labute approximate surface area is 215 Å². The van der Waals surface area contributed by atoms with Gasteiger partial charge in [-0.15, -0.1) is 0 Å². The molecule has 0 unspecified atom stereocenters. The van der Waals surface area contributed by atoms with Crippen LogP contribution in [0.4, 0.5) is 0 Å². The van der Waals surface area contributed by atoms with Crippen LogP contribution in [-0.2, 0) is 20.8 Å². The molecule has 0 saturated carbocycles. The Bertz CT molecular complexity index is 834. The molecule has 1 heterocycles. The summed E-state index contributed by atoms with van der Waals surface area (Å²) in [6.45, 7) is 11.1. The number of nitrogens with one attached hydrogen (secondary N) is 2. The van der Waals surface area contributed by atoms with Crippen molar-refractivity contribution in [3.05, 3.63) is 35.4 Å². The molecule has 36 heavy (non-hydrogen) atoms. The molecule has 0 radical (unpaired) electrons. The van der Waals surface area contributed by atoms with Crippen LogP contribution < -0.4 is 10.6 Å². The van der Waals surface area contributed by atoms with Crippen LogP contribution in [0.1, 0.15) is 18.1 Å². The summed E-state index contributed by atoms with van der Waals surface area (Å²) < 4.78 is 0. The summed E-state index contributed by atoms with van der Waals surface area (Å²) >= 11 is 0. The minimum Gasteiger partial charge on any atom is -0.480 e. The van der Waals surface area contributed by atoms with E-state index in [0.717, 1.165) is 43.9 Å². The van der Waals surface area contributed by atoms with Gasteiger partial charge in [0.25, 0.3) is 0 Å². The first-order valence-corrected chi connectivity index (χ1v) is 12.8. The molecule has 202 valence electrons. The van der Waals surface area contributed by atoms with Gasteiger partial charge in [0, 0.05) is 65.8 Å². The van der Waals surface area contributed by atoms with Crippen molar-refractivity contribution in [3.8, 4) is 0 Å². The lowest BCUT2D eigenvalue weighted by Gasteiger charge is -2.32. The lowest BCUT2D eigenvalue weighted by Crippen LogP contribution is -2.52. The normalized spacial score (nSPS) is 18.6. The molecule has 1 fully saturated rings. The van der Waals surface area contributed by atoms with E-state index in [1.54, 1.807) is 7.05 Å². The van der Waals surface area contributed by atoms with E-state index in [4.69, 9.17) is 0 Å². The molecule has 2 amide bonds. The number of carbonyl (C=O) groups excluding carboxylic acids is 2. The Kier molecular flexibility index (Phi) is 12.8. The maximum Gasteiger partial charge on any atom is 0.317 e. The van der Waals surface area contributed by atoms with Crippen molar-refractivity contribution in [2.45, 2.75) is 26.3 Å². The molecule has 1 aliphatic rings. The third kappa shape index (κ3) is 11.0. The van der Waals surface area contributed by atoms with Crippen LogP contribution in [0.15, 0.2) is 24.3 Å². The van der Waals surface area contributed by atoms with Gasteiger partial charge in [0.15, 0.2) is 0 Å². The zero-order valence-corrected chi connectivity index (χ0v) is 22.3. The highest BCUT2D eigenvalue weighted by molar-refractivity contribution is 5.88. The van der Waals surface area contributed by atoms with E-state index < -0.39 is 12.0 Å². The fraction of sp³-hybridized carbons (Fsp3) is 0.654. The monoisotopic (exact) mass is 504 g/mol. The predicted octanol–water partition coefficient (Wildman–Crippen LogP) is -0.276. The van der Waals surface area contributed by atoms with E-state index in [2.05, 4.69) is 39.3 Å². The highest BCUT2D eigenvalue weighted by Gasteiger charge is 2.23. The molecule has 0 aromatic heterocycles. The molecular weight excluding hydrogens is 460 g/mol. The second kappa shape index (κ2) is 15.6. The molecule has 1 saturated heterocycles. The molecule has 2 rings (SSSR count). The Hall–Kier alpha value is -2.53. The van der Waals surface area contributed by atoms with Gasteiger partial charge in [0.2, 0.25) is 11.8 Å². The quantitative estimate of drug-likeness (QED) is 0.422. The number of amides is 2. The van der Waals surface area contributed by atoms with Gasteiger partial charge in [-0.3, -0.25) is 24.2 Å². The number of likely N-dealkylation sites (N-methyl/N-ethyl adjacent to an activating group) is 3. The van der Waals surface area contributed by atoms with E-state index in [0.29, 0.717) is 32.6 Å². The van der Waals surface area contributed by atoms with E-state index in [1.807, 2.05) is 36.1 Å². The van der Waals surface area contributed by atoms with Crippen molar-refractivity contribution in [3.63, 3.8) is 0 Å². The van der Waals surface area contributed by atoms with Gasteiger partial charge in [0.05, 0.1) is 13.1 Å². The van der Waals surface area contributed by atoms with Crippen LogP contribution in [0.3, 0.4) is 0 Å². The van der Waals surface area contributed by atoms with Crippen LogP contribution in [-0.4, -0.2) is 135 Å². The molecule has 10 heteroatoms. The van der Waals surface area contributed by atoms with Crippen molar-refractivity contribution in [1.82, 2.24) is 30.2 Å². The SMILES string of the molecule is CCN1CCN(C)CCN(CC(=O)O)CCN(CC(=O)N[C@H](Cc2ccc(C)cc2)C(=O)NC)CC1. The standard InChI is InChI=1S/C26H44N6O4/c1-5-30-12-10-29(4)11-13-32(20-25(34)35)17-16-31(15-14-30)19-24(33)28-23(26(36)27-3)18-22-8-6-21(2)7-9-22/h6-9,23H,5,10-20H2,1-4H3,(H,27,36)(H,28,33)(H,34,35)/t23-/m1/s1. The summed E-state index contributed by atoms with van der Waals surface area (Å²) in [5.74, 6) is -1.29. The number of aryl methyl sites for hydroxylation is 1. The largest absolute Gasteiger partial charge is 0.480 e. The van der Waals surface area contributed by atoms with Crippen molar-refractivity contribution < 1.29 is 19.5 Å². The third-order valence-corrected chi connectivity index (χ3v) is 6.69. The van der Waals surface area contributed by atoms with Gasteiger partial charge >= 0.3 is 5.97 Å². The van der Waals surface area contributed by atoms with Crippen LogP contribution in [0.2, 0.25) is 0 Å². The van der Waals surface area contributed by atoms with Gasteiger partial charge in [-0.1, -0.05) is 36.8 Å². The number of carboxylic acid groups (broad SMARTS) is 1. The second-order valence-electron chi connectivity index (χ2n) is 9.61. The minimum absolute atomic E-state index is 0.0236. The van der Waals surface area contributed by atoms with Gasteiger partial charge < -0.3 is 25.5 Å². The van der Waals surface area contributed by atoms with Crippen LogP contribution in [0.5, 0.6) is 0 Å². The number of carboxylic acids is 1. The predicted molar refractivity (Wildman–Crippen MR) is 141 cm³/mol. The number of aliphatic carboxylic acids is 1. The molecule has 1 atom stereocenters. The van der Waals surface area contributed by atoms with E-state index in [9.17, 15) is 19.5 Å². The van der Waals surface area contributed by atoms with Crippen LogP contribution >= 0.6 is 0 Å².